The van der Waals surface area contributed by atoms with Gasteiger partial charge in [0.2, 0.25) is 0 Å². The Kier molecular flexibility index (Phi) is 5.38. The third kappa shape index (κ3) is 4.07. The lowest BCUT2D eigenvalue weighted by Crippen LogP contribution is -2.21. The lowest BCUT2D eigenvalue weighted by atomic mass is 10.2. The van der Waals surface area contributed by atoms with Crippen LogP contribution in [0.3, 0.4) is 0 Å². The first-order chi connectivity index (χ1) is 12.9. The van der Waals surface area contributed by atoms with Crippen molar-refractivity contribution in [2.45, 2.75) is 6.92 Å². The maximum atomic E-state index is 12.2. The van der Waals surface area contributed by atoms with Crippen LogP contribution in [0.5, 0.6) is 0 Å². The number of nitrogens with zero attached hydrogens (tertiary/aromatic N) is 1. The predicted octanol–water partition coefficient (Wildman–Crippen LogP) is 4.57. The molecule has 0 aliphatic rings. The molecular formula is C18H13ClN2O5S. The zero-order valence-electron chi connectivity index (χ0n) is 14.0. The van der Waals surface area contributed by atoms with Crippen LogP contribution in [-0.4, -0.2) is 23.4 Å². The van der Waals surface area contributed by atoms with Crippen molar-refractivity contribution in [1.29, 1.82) is 0 Å². The number of hydrogen-bond donors (Lipinski definition) is 1. The monoisotopic (exact) mass is 404 g/mol. The molecular weight excluding hydrogens is 392 g/mol. The van der Waals surface area contributed by atoms with Crippen molar-refractivity contribution in [2.75, 3.05) is 11.9 Å². The van der Waals surface area contributed by atoms with Crippen LogP contribution in [0.4, 0.5) is 11.4 Å². The Hall–Kier alpha value is -2.97. The second kappa shape index (κ2) is 7.73. The number of halogens is 1. The minimum atomic E-state index is -0.684. The number of hydrogen-bond acceptors (Lipinski definition) is 6. The molecule has 0 atom stereocenters. The molecule has 0 aliphatic heterocycles. The predicted molar refractivity (Wildman–Crippen MR) is 104 cm³/mol. The van der Waals surface area contributed by atoms with Crippen molar-refractivity contribution in [3.05, 3.63) is 68.0 Å². The van der Waals surface area contributed by atoms with Crippen LogP contribution in [0.2, 0.25) is 5.02 Å². The van der Waals surface area contributed by atoms with Crippen molar-refractivity contribution in [3.8, 4) is 0 Å². The van der Waals surface area contributed by atoms with E-state index in [4.69, 9.17) is 16.3 Å². The number of nitro groups is 1. The zero-order chi connectivity index (χ0) is 19.6. The number of nitrogens with one attached hydrogen (secondary N) is 1. The fourth-order valence-electron chi connectivity index (χ4n) is 2.43. The fourth-order valence-corrected chi connectivity index (χ4v) is 3.83. The zero-order valence-corrected chi connectivity index (χ0v) is 15.6. The number of non-ortho nitro benzene ring substituents is 1. The Labute approximate surface area is 162 Å². The number of amides is 1. The molecule has 9 heteroatoms. The molecule has 0 radical (unpaired) electrons. The number of aryl methyl sites for hydroxylation is 1. The first-order valence-electron chi connectivity index (χ1n) is 7.76. The van der Waals surface area contributed by atoms with Gasteiger partial charge in [0.05, 0.1) is 9.95 Å². The van der Waals surface area contributed by atoms with Gasteiger partial charge in [-0.05, 0) is 24.6 Å². The number of benzene rings is 2. The number of esters is 1. The van der Waals surface area contributed by atoms with Gasteiger partial charge >= 0.3 is 5.97 Å². The largest absolute Gasteiger partial charge is 0.451 e. The average Bonchev–Trinajstić information content (AvgIpc) is 2.98. The Morgan fingerprint density at radius 2 is 2.00 bits per heavy atom. The molecule has 3 rings (SSSR count). The van der Waals surface area contributed by atoms with Gasteiger partial charge in [-0.15, -0.1) is 11.3 Å². The van der Waals surface area contributed by atoms with E-state index in [0.29, 0.717) is 16.3 Å². The number of carbonyl (C=O) groups is 2. The number of ether oxygens (including phenoxy) is 1. The molecule has 1 amide bonds. The van der Waals surface area contributed by atoms with Gasteiger partial charge in [-0.3, -0.25) is 14.9 Å². The van der Waals surface area contributed by atoms with Gasteiger partial charge in [-0.2, -0.15) is 0 Å². The normalized spacial score (nSPS) is 10.6. The number of carbonyl (C=O) groups excluding carboxylic acids is 2. The summed E-state index contributed by atoms with van der Waals surface area (Å²) in [7, 11) is 0. The van der Waals surface area contributed by atoms with E-state index in [0.717, 1.165) is 10.1 Å². The molecule has 0 bridgehead atoms. The fraction of sp³-hybridized carbons (Fsp3) is 0.111. The van der Waals surface area contributed by atoms with Gasteiger partial charge in [0.1, 0.15) is 4.88 Å². The van der Waals surface area contributed by atoms with E-state index >= 15 is 0 Å². The van der Waals surface area contributed by atoms with E-state index < -0.39 is 23.4 Å². The van der Waals surface area contributed by atoms with Crippen LogP contribution >= 0.6 is 22.9 Å². The molecule has 0 saturated heterocycles. The molecule has 1 N–H and O–H groups in total. The topological polar surface area (TPSA) is 98.5 Å². The smallest absolute Gasteiger partial charge is 0.350 e. The van der Waals surface area contributed by atoms with Crippen molar-refractivity contribution in [1.82, 2.24) is 0 Å². The minimum absolute atomic E-state index is 0.0728. The van der Waals surface area contributed by atoms with E-state index in [1.54, 1.807) is 13.0 Å². The van der Waals surface area contributed by atoms with Gasteiger partial charge in [0.25, 0.3) is 11.6 Å². The van der Waals surface area contributed by atoms with Crippen molar-refractivity contribution in [3.63, 3.8) is 0 Å². The van der Waals surface area contributed by atoms with Gasteiger partial charge in [-0.25, -0.2) is 4.79 Å². The summed E-state index contributed by atoms with van der Waals surface area (Å²) in [6.07, 6.45) is 0. The standard InChI is InChI=1S/C18H13ClN2O5S/c1-10-8-11(21(24)25)6-7-13(10)20-15(22)9-26-18(23)17-16(19)12-4-2-3-5-14(12)27-17/h2-8H,9H2,1H3,(H,20,22). The highest BCUT2D eigenvalue weighted by molar-refractivity contribution is 7.21. The maximum absolute atomic E-state index is 12.2. The van der Waals surface area contributed by atoms with E-state index in [9.17, 15) is 19.7 Å². The third-order valence-corrected chi connectivity index (χ3v) is 5.41. The van der Waals surface area contributed by atoms with Crippen LogP contribution in [-0.2, 0) is 9.53 Å². The third-order valence-electron chi connectivity index (χ3n) is 3.75. The van der Waals surface area contributed by atoms with E-state index in [2.05, 4.69) is 5.32 Å². The van der Waals surface area contributed by atoms with Gasteiger partial charge in [-0.1, -0.05) is 29.8 Å². The molecule has 0 unspecified atom stereocenters. The Bertz CT molecular complexity index is 1060. The van der Waals surface area contributed by atoms with E-state index in [-0.39, 0.29) is 10.6 Å². The van der Waals surface area contributed by atoms with Gasteiger partial charge < -0.3 is 10.1 Å². The summed E-state index contributed by atoms with van der Waals surface area (Å²) in [6, 6.07) is 11.3. The highest BCUT2D eigenvalue weighted by atomic mass is 35.5. The minimum Gasteiger partial charge on any atom is -0.451 e. The van der Waals surface area contributed by atoms with Crippen LogP contribution in [0, 0.1) is 17.0 Å². The summed E-state index contributed by atoms with van der Waals surface area (Å²) in [4.78, 5) is 34.7. The molecule has 3 aromatic rings. The highest BCUT2D eigenvalue weighted by Gasteiger charge is 2.19. The van der Waals surface area contributed by atoms with E-state index in [1.165, 1.54) is 29.5 Å². The lowest BCUT2D eigenvalue weighted by molar-refractivity contribution is -0.384. The lowest BCUT2D eigenvalue weighted by Gasteiger charge is -2.08. The quantitative estimate of drug-likeness (QED) is 0.381. The molecule has 138 valence electrons. The van der Waals surface area contributed by atoms with Crippen LogP contribution in [0.1, 0.15) is 15.2 Å². The number of thiophene rings is 1. The molecule has 27 heavy (non-hydrogen) atoms. The summed E-state index contributed by atoms with van der Waals surface area (Å²) in [5.74, 6) is -1.24. The van der Waals surface area contributed by atoms with Crippen LogP contribution in [0.15, 0.2) is 42.5 Å². The number of anilines is 1. The first kappa shape index (κ1) is 18.8. The highest BCUT2D eigenvalue weighted by Crippen LogP contribution is 2.35. The number of fused-ring (bicyclic) bond motifs is 1. The van der Waals surface area contributed by atoms with Gasteiger partial charge in [0.15, 0.2) is 6.61 Å². The summed E-state index contributed by atoms with van der Waals surface area (Å²) < 4.78 is 5.89. The van der Waals surface area contributed by atoms with Crippen LogP contribution < -0.4 is 5.32 Å². The Morgan fingerprint density at radius 3 is 2.67 bits per heavy atom. The first-order valence-corrected chi connectivity index (χ1v) is 8.95. The molecule has 1 aromatic heterocycles. The number of rotatable bonds is 5. The van der Waals surface area contributed by atoms with Crippen molar-refractivity contribution >= 4 is 56.3 Å². The molecule has 1 heterocycles. The molecule has 0 fully saturated rings. The van der Waals surface area contributed by atoms with Crippen LogP contribution in [0.25, 0.3) is 10.1 Å². The number of nitro benzene ring substituents is 1. The van der Waals surface area contributed by atoms with Crippen molar-refractivity contribution < 1.29 is 19.2 Å². The van der Waals surface area contributed by atoms with Crippen molar-refractivity contribution in [2.24, 2.45) is 0 Å². The Morgan fingerprint density at radius 1 is 1.26 bits per heavy atom. The molecule has 2 aromatic carbocycles. The Balaban J connectivity index is 1.64. The molecule has 7 nitrogen and oxygen atoms in total. The summed E-state index contributed by atoms with van der Waals surface area (Å²) >= 11 is 7.40. The van der Waals surface area contributed by atoms with Gasteiger partial charge in [0, 0.05) is 27.9 Å². The summed E-state index contributed by atoms with van der Waals surface area (Å²) in [5.41, 5.74) is 0.856. The molecule has 0 saturated carbocycles. The summed E-state index contributed by atoms with van der Waals surface area (Å²) in [5, 5.41) is 14.3. The second-order valence-electron chi connectivity index (χ2n) is 5.62. The maximum Gasteiger partial charge on any atom is 0.350 e. The van der Waals surface area contributed by atoms with E-state index in [1.807, 2.05) is 18.2 Å². The summed E-state index contributed by atoms with van der Waals surface area (Å²) in [6.45, 7) is 1.13. The second-order valence-corrected chi connectivity index (χ2v) is 7.05. The SMILES string of the molecule is Cc1cc([N+](=O)[O-])ccc1NC(=O)COC(=O)c1sc2ccccc2c1Cl. The average molecular weight is 405 g/mol. The molecule has 0 aliphatic carbocycles. The molecule has 0 spiro atoms.